The summed E-state index contributed by atoms with van der Waals surface area (Å²) in [6, 6.07) is 10.1. The van der Waals surface area contributed by atoms with Crippen molar-refractivity contribution in [2.45, 2.75) is 33.7 Å². The highest BCUT2D eigenvalue weighted by Gasteiger charge is 2.28. The van der Waals surface area contributed by atoms with Gasteiger partial charge in [0.15, 0.2) is 4.96 Å². The Labute approximate surface area is 178 Å². The standard InChI is InChI=1S/C23H24FN3O2S/c1-23(2,3)21(28)26(13-19-5-4-12-29-19)11-10-18-15-30-22-25-20(14-27(18)22)16-6-8-17(24)9-7-16/h4-9,12,14-15H,10-11,13H2,1-3H3. The fourth-order valence-corrected chi connectivity index (χ4v) is 4.24. The molecule has 0 aliphatic carbocycles. The number of amides is 1. The first-order valence-electron chi connectivity index (χ1n) is 9.84. The topological polar surface area (TPSA) is 50.8 Å². The third-order valence-corrected chi connectivity index (χ3v) is 5.81. The average Bonchev–Trinajstić information content (AvgIpc) is 3.42. The van der Waals surface area contributed by atoms with Gasteiger partial charge in [0, 0.05) is 41.2 Å². The molecule has 156 valence electrons. The maximum Gasteiger partial charge on any atom is 0.228 e. The van der Waals surface area contributed by atoms with Crippen LogP contribution in [0.3, 0.4) is 0 Å². The Kier molecular flexibility index (Phi) is 5.47. The van der Waals surface area contributed by atoms with Gasteiger partial charge in [-0.1, -0.05) is 20.8 Å². The van der Waals surface area contributed by atoms with Gasteiger partial charge < -0.3 is 9.32 Å². The second-order valence-corrected chi connectivity index (χ2v) is 9.16. The Balaban J connectivity index is 1.54. The Hall–Kier alpha value is -2.93. The molecule has 0 atom stereocenters. The first-order valence-corrected chi connectivity index (χ1v) is 10.7. The molecule has 3 aromatic heterocycles. The lowest BCUT2D eigenvalue weighted by atomic mass is 9.94. The van der Waals surface area contributed by atoms with E-state index in [1.165, 1.54) is 12.1 Å². The molecule has 4 rings (SSSR count). The van der Waals surface area contributed by atoms with Gasteiger partial charge in [-0.2, -0.15) is 0 Å². The van der Waals surface area contributed by atoms with Crippen molar-refractivity contribution in [1.29, 1.82) is 0 Å². The van der Waals surface area contributed by atoms with Crippen LogP contribution < -0.4 is 0 Å². The van der Waals surface area contributed by atoms with Crippen LogP contribution in [0, 0.1) is 11.2 Å². The van der Waals surface area contributed by atoms with Crippen molar-refractivity contribution in [1.82, 2.24) is 14.3 Å². The van der Waals surface area contributed by atoms with E-state index >= 15 is 0 Å². The Morgan fingerprint density at radius 3 is 2.67 bits per heavy atom. The van der Waals surface area contributed by atoms with Crippen molar-refractivity contribution in [2.24, 2.45) is 5.41 Å². The molecule has 7 heteroatoms. The molecule has 0 fully saturated rings. The van der Waals surface area contributed by atoms with Crippen LogP contribution in [0.5, 0.6) is 0 Å². The molecule has 3 heterocycles. The zero-order valence-electron chi connectivity index (χ0n) is 17.3. The van der Waals surface area contributed by atoms with Crippen molar-refractivity contribution in [3.63, 3.8) is 0 Å². The van der Waals surface area contributed by atoms with Crippen molar-refractivity contribution >= 4 is 22.2 Å². The molecule has 0 radical (unpaired) electrons. The van der Waals surface area contributed by atoms with Crippen molar-refractivity contribution in [3.05, 3.63) is 71.5 Å². The van der Waals surface area contributed by atoms with Gasteiger partial charge in [0.1, 0.15) is 11.6 Å². The van der Waals surface area contributed by atoms with Crippen LogP contribution in [0.15, 0.2) is 58.7 Å². The molecule has 1 amide bonds. The maximum absolute atomic E-state index is 13.2. The van der Waals surface area contributed by atoms with E-state index in [1.54, 1.807) is 29.7 Å². The van der Waals surface area contributed by atoms with Crippen LogP contribution in [0.4, 0.5) is 4.39 Å². The van der Waals surface area contributed by atoms with Gasteiger partial charge in [-0.15, -0.1) is 11.3 Å². The number of aromatic nitrogens is 2. The third-order valence-electron chi connectivity index (χ3n) is 4.92. The lowest BCUT2D eigenvalue weighted by Crippen LogP contribution is -2.40. The van der Waals surface area contributed by atoms with Gasteiger partial charge in [-0.05, 0) is 36.4 Å². The van der Waals surface area contributed by atoms with E-state index < -0.39 is 5.41 Å². The quantitative estimate of drug-likeness (QED) is 0.415. The summed E-state index contributed by atoms with van der Waals surface area (Å²) >= 11 is 1.56. The summed E-state index contributed by atoms with van der Waals surface area (Å²) in [6.07, 6.45) is 4.29. The number of carbonyl (C=O) groups is 1. The molecule has 0 saturated carbocycles. The predicted molar refractivity (Wildman–Crippen MR) is 116 cm³/mol. The fourth-order valence-electron chi connectivity index (χ4n) is 3.34. The number of fused-ring (bicyclic) bond motifs is 1. The SMILES string of the molecule is CC(C)(C)C(=O)N(CCc1csc2nc(-c3ccc(F)cc3)cn12)Cc1ccco1. The van der Waals surface area contributed by atoms with Crippen LogP contribution in [-0.2, 0) is 17.8 Å². The minimum atomic E-state index is -0.471. The average molecular weight is 426 g/mol. The highest BCUT2D eigenvalue weighted by molar-refractivity contribution is 7.15. The summed E-state index contributed by atoms with van der Waals surface area (Å²) in [5, 5.41) is 2.07. The van der Waals surface area contributed by atoms with Crippen LogP contribution in [-0.4, -0.2) is 26.7 Å². The number of benzene rings is 1. The Morgan fingerprint density at radius 2 is 2.00 bits per heavy atom. The van der Waals surface area contributed by atoms with Crippen molar-refractivity contribution < 1.29 is 13.6 Å². The molecule has 0 unspecified atom stereocenters. The summed E-state index contributed by atoms with van der Waals surface area (Å²) < 4.78 is 20.7. The molecule has 0 bridgehead atoms. The zero-order valence-corrected chi connectivity index (χ0v) is 18.1. The van der Waals surface area contributed by atoms with E-state index in [0.29, 0.717) is 19.5 Å². The fraction of sp³-hybridized carbons (Fsp3) is 0.304. The lowest BCUT2D eigenvalue weighted by Gasteiger charge is -2.29. The number of hydrogen-bond acceptors (Lipinski definition) is 4. The van der Waals surface area contributed by atoms with Crippen LogP contribution in [0.2, 0.25) is 0 Å². The number of halogens is 1. The first-order chi connectivity index (χ1) is 14.3. The zero-order chi connectivity index (χ0) is 21.3. The number of furan rings is 1. The van der Waals surface area contributed by atoms with E-state index in [-0.39, 0.29) is 11.7 Å². The van der Waals surface area contributed by atoms with Gasteiger partial charge in [0.2, 0.25) is 5.91 Å². The van der Waals surface area contributed by atoms with Gasteiger partial charge in [0.25, 0.3) is 0 Å². The summed E-state index contributed by atoms with van der Waals surface area (Å²) in [4.78, 5) is 20.4. The lowest BCUT2D eigenvalue weighted by molar-refractivity contribution is -0.140. The normalized spacial score (nSPS) is 11.9. The van der Waals surface area contributed by atoms with Gasteiger partial charge >= 0.3 is 0 Å². The Morgan fingerprint density at radius 1 is 1.23 bits per heavy atom. The van der Waals surface area contributed by atoms with Gasteiger partial charge in [-0.3, -0.25) is 9.20 Å². The molecule has 0 spiro atoms. The molecule has 5 nitrogen and oxygen atoms in total. The summed E-state index contributed by atoms with van der Waals surface area (Å²) in [7, 11) is 0. The number of thiazole rings is 1. The predicted octanol–water partition coefficient (Wildman–Crippen LogP) is 5.41. The molecular formula is C23H24FN3O2S. The van der Waals surface area contributed by atoms with E-state index in [9.17, 15) is 9.18 Å². The molecule has 4 aromatic rings. The summed E-state index contributed by atoms with van der Waals surface area (Å²) in [5.41, 5.74) is 2.30. The number of nitrogens with zero attached hydrogens (tertiary/aromatic N) is 3. The van der Waals surface area contributed by atoms with E-state index in [0.717, 1.165) is 27.7 Å². The second kappa shape index (κ2) is 8.07. The molecule has 1 aromatic carbocycles. The summed E-state index contributed by atoms with van der Waals surface area (Å²) in [6.45, 7) is 6.81. The smallest absolute Gasteiger partial charge is 0.228 e. The molecule has 0 N–H and O–H groups in total. The molecular weight excluding hydrogens is 401 g/mol. The highest BCUT2D eigenvalue weighted by atomic mass is 32.1. The molecule has 30 heavy (non-hydrogen) atoms. The number of rotatable bonds is 6. The van der Waals surface area contributed by atoms with Crippen molar-refractivity contribution in [2.75, 3.05) is 6.54 Å². The molecule has 0 aliphatic rings. The maximum atomic E-state index is 13.2. The monoisotopic (exact) mass is 425 g/mol. The summed E-state index contributed by atoms with van der Waals surface area (Å²) in [5.74, 6) is 0.591. The van der Waals surface area contributed by atoms with Gasteiger partial charge in [-0.25, -0.2) is 9.37 Å². The van der Waals surface area contributed by atoms with E-state index in [4.69, 9.17) is 4.42 Å². The first kappa shape index (κ1) is 20.3. The minimum Gasteiger partial charge on any atom is -0.467 e. The van der Waals surface area contributed by atoms with Crippen LogP contribution >= 0.6 is 11.3 Å². The van der Waals surface area contributed by atoms with Crippen LogP contribution in [0.1, 0.15) is 32.2 Å². The number of carbonyl (C=O) groups excluding carboxylic acids is 1. The number of hydrogen-bond donors (Lipinski definition) is 0. The largest absolute Gasteiger partial charge is 0.467 e. The van der Waals surface area contributed by atoms with Gasteiger partial charge in [0.05, 0.1) is 18.5 Å². The van der Waals surface area contributed by atoms with Crippen LogP contribution in [0.25, 0.3) is 16.2 Å². The van der Waals surface area contributed by atoms with Crippen molar-refractivity contribution in [3.8, 4) is 11.3 Å². The molecule has 0 aliphatic heterocycles. The third kappa shape index (κ3) is 4.31. The van der Waals surface area contributed by atoms with E-state index in [2.05, 4.69) is 14.8 Å². The van der Waals surface area contributed by atoms with E-state index in [1.807, 2.05) is 44.0 Å². The molecule has 0 saturated heterocycles. The Bertz CT molecular complexity index is 1140. The highest BCUT2D eigenvalue weighted by Crippen LogP contribution is 2.25. The minimum absolute atomic E-state index is 0.0861. The number of imidazole rings is 1. The second-order valence-electron chi connectivity index (χ2n) is 8.32.